The summed E-state index contributed by atoms with van der Waals surface area (Å²) in [7, 11) is 0. The number of aromatic nitrogens is 2. The molecule has 0 unspecified atom stereocenters. The molecule has 0 aromatic carbocycles. The van der Waals surface area contributed by atoms with Crippen molar-refractivity contribution in [3.8, 4) is 0 Å². The van der Waals surface area contributed by atoms with Gasteiger partial charge in [0.25, 0.3) is 5.91 Å². The minimum absolute atomic E-state index is 0. The molecule has 3 heterocycles. The molecular weight excluding hydrogens is 439 g/mol. The molecule has 28 heavy (non-hydrogen) atoms. The zero-order valence-electron chi connectivity index (χ0n) is 15.9. The van der Waals surface area contributed by atoms with Crippen molar-refractivity contribution in [1.82, 2.24) is 15.5 Å². The number of rotatable bonds is 6. The molecule has 1 saturated carbocycles. The number of carbonyl (C=O) groups excluding carboxylic acids is 1. The molecule has 0 bridgehead atoms. The van der Waals surface area contributed by atoms with E-state index in [-0.39, 0.29) is 30.7 Å². The van der Waals surface area contributed by atoms with Crippen LogP contribution in [0.3, 0.4) is 0 Å². The average Bonchev–Trinajstić information content (AvgIpc) is 3.14. The van der Waals surface area contributed by atoms with E-state index in [4.69, 9.17) is 4.74 Å². The Morgan fingerprint density at radius 1 is 1.21 bits per heavy atom. The molecule has 1 saturated heterocycles. The highest BCUT2D eigenvalue weighted by molar-refractivity contribution is 7.15. The number of halogens is 2. The van der Waals surface area contributed by atoms with Crippen molar-refractivity contribution in [2.75, 3.05) is 25.1 Å². The van der Waals surface area contributed by atoms with Crippen molar-refractivity contribution in [2.45, 2.75) is 45.1 Å². The number of ether oxygens (including phenoxy) is 1. The Morgan fingerprint density at radius 3 is 2.64 bits per heavy atom. The molecule has 1 aliphatic heterocycles. The maximum Gasteiger partial charge on any atom is 0.258 e. The van der Waals surface area contributed by atoms with Gasteiger partial charge in [0.15, 0.2) is 0 Å². The molecule has 2 aromatic rings. The summed E-state index contributed by atoms with van der Waals surface area (Å²) in [4.78, 5) is 14.9. The Bertz CT molecular complexity index is 792. The van der Waals surface area contributed by atoms with Crippen LogP contribution in [0, 0.1) is 19.8 Å². The second-order valence-corrected chi connectivity index (χ2v) is 9.58. The number of hydrogen-bond acceptors (Lipinski definition) is 7. The smallest absolute Gasteiger partial charge is 0.258 e. The summed E-state index contributed by atoms with van der Waals surface area (Å²) in [5.74, 6) is 1.20. The third-order valence-corrected chi connectivity index (χ3v) is 7.03. The van der Waals surface area contributed by atoms with Crippen LogP contribution < -0.4 is 10.6 Å². The molecule has 2 aromatic heterocycles. The van der Waals surface area contributed by atoms with Gasteiger partial charge in [-0.2, -0.15) is 0 Å². The van der Waals surface area contributed by atoms with Gasteiger partial charge in [0.1, 0.15) is 5.01 Å². The summed E-state index contributed by atoms with van der Waals surface area (Å²) in [5.41, 5.74) is 0.757. The third-order valence-electron chi connectivity index (χ3n) is 5.09. The van der Waals surface area contributed by atoms with Crippen LogP contribution in [-0.4, -0.2) is 41.9 Å². The van der Waals surface area contributed by atoms with Gasteiger partial charge in [-0.1, -0.05) is 11.3 Å². The van der Waals surface area contributed by atoms with Gasteiger partial charge in [-0.3, -0.25) is 10.1 Å². The monoisotopic (exact) mass is 464 g/mol. The van der Waals surface area contributed by atoms with Gasteiger partial charge in [0, 0.05) is 34.9 Å². The van der Waals surface area contributed by atoms with Crippen LogP contribution in [0.25, 0.3) is 0 Å². The molecule has 2 fully saturated rings. The number of nitrogens with zero attached hydrogens (tertiary/aromatic N) is 2. The van der Waals surface area contributed by atoms with Crippen molar-refractivity contribution in [1.29, 1.82) is 0 Å². The predicted molar refractivity (Wildman–Crippen MR) is 119 cm³/mol. The topological polar surface area (TPSA) is 76.1 Å². The highest BCUT2D eigenvalue weighted by Crippen LogP contribution is 2.45. The van der Waals surface area contributed by atoms with Gasteiger partial charge in [-0.25, -0.2) is 0 Å². The number of aryl methyl sites for hydroxylation is 2. The molecule has 6 nitrogen and oxygen atoms in total. The summed E-state index contributed by atoms with van der Waals surface area (Å²) in [5, 5.41) is 15.9. The molecule has 2 aliphatic rings. The van der Waals surface area contributed by atoms with Crippen LogP contribution in [0.4, 0.5) is 5.13 Å². The summed E-state index contributed by atoms with van der Waals surface area (Å²) < 4.78 is 5.42. The summed E-state index contributed by atoms with van der Waals surface area (Å²) in [6.07, 6.45) is 3.50. The molecule has 0 radical (unpaired) electrons. The number of carbonyl (C=O) groups is 1. The fourth-order valence-corrected chi connectivity index (χ4v) is 5.22. The van der Waals surface area contributed by atoms with Crippen molar-refractivity contribution in [2.24, 2.45) is 5.92 Å². The molecule has 2 atom stereocenters. The normalized spacial score (nSPS) is 21.5. The Morgan fingerprint density at radius 2 is 1.96 bits per heavy atom. The second kappa shape index (κ2) is 10.3. The Balaban J connectivity index is 0.00000140. The molecule has 156 valence electrons. The van der Waals surface area contributed by atoms with E-state index in [1.165, 1.54) is 22.6 Å². The molecule has 1 amide bonds. The van der Waals surface area contributed by atoms with E-state index in [1.54, 1.807) is 11.3 Å². The van der Waals surface area contributed by atoms with E-state index < -0.39 is 0 Å². The van der Waals surface area contributed by atoms with Crippen molar-refractivity contribution < 1.29 is 9.53 Å². The summed E-state index contributed by atoms with van der Waals surface area (Å²) in [6.45, 7) is 6.77. The van der Waals surface area contributed by atoms with Gasteiger partial charge in [0.05, 0.1) is 5.56 Å². The van der Waals surface area contributed by atoms with Crippen LogP contribution in [0.1, 0.15) is 50.3 Å². The lowest BCUT2D eigenvalue weighted by Crippen LogP contribution is -2.29. The first-order chi connectivity index (χ1) is 12.6. The number of hydrogen-bond donors (Lipinski definition) is 2. The number of thiophene rings is 1. The van der Waals surface area contributed by atoms with Crippen LogP contribution in [0.5, 0.6) is 0 Å². The molecule has 10 heteroatoms. The van der Waals surface area contributed by atoms with E-state index in [2.05, 4.69) is 26.9 Å². The maximum absolute atomic E-state index is 12.5. The van der Waals surface area contributed by atoms with Crippen molar-refractivity contribution >= 4 is 58.5 Å². The zero-order valence-corrected chi connectivity index (χ0v) is 19.2. The molecule has 1 aliphatic carbocycles. The molecule has 2 N–H and O–H groups in total. The minimum Gasteiger partial charge on any atom is -0.381 e. The van der Waals surface area contributed by atoms with Crippen LogP contribution in [0.2, 0.25) is 0 Å². The van der Waals surface area contributed by atoms with Crippen LogP contribution in [0.15, 0.2) is 6.07 Å². The fourth-order valence-electron chi connectivity index (χ4n) is 3.43. The Kier molecular flexibility index (Phi) is 8.66. The van der Waals surface area contributed by atoms with Crippen LogP contribution >= 0.6 is 47.5 Å². The first kappa shape index (κ1) is 23.5. The van der Waals surface area contributed by atoms with Gasteiger partial charge >= 0.3 is 0 Å². The average molecular weight is 465 g/mol. The van der Waals surface area contributed by atoms with E-state index in [1.807, 2.05) is 13.8 Å². The van der Waals surface area contributed by atoms with E-state index in [0.29, 0.717) is 17.1 Å². The van der Waals surface area contributed by atoms with Gasteiger partial charge in [-0.05, 0) is 51.6 Å². The SMILES string of the molecule is Cc1nnc(NC(=O)c2cc([C@@H]3C[C@H]3NCC3CCOCC3)sc2C)s1.Cl.Cl. The maximum atomic E-state index is 12.5. The highest BCUT2D eigenvalue weighted by Gasteiger charge is 2.40. The number of anilines is 1. The molecule has 4 rings (SSSR count). The molecule has 0 spiro atoms. The Labute approximate surface area is 185 Å². The zero-order chi connectivity index (χ0) is 18.1. The van der Waals surface area contributed by atoms with Gasteiger partial charge < -0.3 is 10.1 Å². The third kappa shape index (κ3) is 5.64. The highest BCUT2D eigenvalue weighted by atomic mass is 35.5. The lowest BCUT2D eigenvalue weighted by Gasteiger charge is -2.22. The van der Waals surface area contributed by atoms with E-state index in [0.717, 1.165) is 54.0 Å². The summed E-state index contributed by atoms with van der Waals surface area (Å²) >= 11 is 3.13. The molecular formula is C18H26Cl2N4O2S2. The van der Waals surface area contributed by atoms with Gasteiger partial charge in [0.2, 0.25) is 5.13 Å². The first-order valence-corrected chi connectivity index (χ1v) is 10.8. The standard InChI is InChI=1S/C18H24N4O2S2.2ClH/c1-10-13(17(23)20-18-22-21-11(2)26-18)8-16(25-10)14-7-15(14)19-9-12-3-5-24-6-4-12;;/h8,12,14-15,19H,3-7,9H2,1-2H3,(H,20,22,23);2*1H/t14-,15-;;/m1../s1. The van der Waals surface area contributed by atoms with E-state index in [9.17, 15) is 4.79 Å². The second-order valence-electron chi connectivity index (χ2n) is 7.11. The Hall–Kier alpha value is -0.770. The number of amides is 1. The predicted octanol–water partition coefficient (Wildman–Crippen LogP) is 4.18. The van der Waals surface area contributed by atoms with Crippen molar-refractivity contribution in [3.63, 3.8) is 0 Å². The minimum atomic E-state index is -0.0893. The quantitative estimate of drug-likeness (QED) is 0.669. The van der Waals surface area contributed by atoms with Crippen LogP contribution in [-0.2, 0) is 4.74 Å². The number of nitrogens with one attached hydrogen (secondary N) is 2. The lowest BCUT2D eigenvalue weighted by molar-refractivity contribution is 0.0662. The van der Waals surface area contributed by atoms with Gasteiger partial charge in [-0.15, -0.1) is 46.3 Å². The fraction of sp³-hybridized carbons (Fsp3) is 0.611. The summed E-state index contributed by atoms with van der Waals surface area (Å²) in [6, 6.07) is 2.61. The van der Waals surface area contributed by atoms with Crippen molar-refractivity contribution in [3.05, 3.63) is 26.4 Å². The first-order valence-electron chi connectivity index (χ1n) is 9.13. The lowest BCUT2D eigenvalue weighted by atomic mass is 10.0. The van der Waals surface area contributed by atoms with E-state index >= 15 is 0 Å². The largest absolute Gasteiger partial charge is 0.381 e.